The summed E-state index contributed by atoms with van der Waals surface area (Å²) in [4.78, 5) is 101. The molecule has 0 unspecified atom stereocenters. The minimum Gasteiger partial charge on any atom is -0.458 e. The number of carbonyl (C=O) groups is 7. The van der Waals surface area contributed by atoms with Crippen LogP contribution in [-0.4, -0.2) is 141 Å². The van der Waals surface area contributed by atoms with Crippen molar-refractivity contribution in [1.29, 1.82) is 0 Å². The molecule has 4 fully saturated rings. The molecule has 18 nitrogen and oxygen atoms in total. The van der Waals surface area contributed by atoms with E-state index >= 15 is 0 Å². The summed E-state index contributed by atoms with van der Waals surface area (Å²) < 4.78 is 39.8. The van der Waals surface area contributed by atoms with E-state index < -0.39 is 83.9 Å². The van der Waals surface area contributed by atoms with Gasteiger partial charge in [-0.15, -0.1) is 0 Å². The smallest absolute Gasteiger partial charge is 0.410 e. The van der Waals surface area contributed by atoms with E-state index in [2.05, 4.69) is 10.2 Å². The third-order valence-corrected chi connectivity index (χ3v) is 14.7. The van der Waals surface area contributed by atoms with E-state index in [9.17, 15) is 33.6 Å². The first-order valence-electron chi connectivity index (χ1n) is 27.2. The molecule has 3 saturated carbocycles. The van der Waals surface area contributed by atoms with E-state index in [1.807, 2.05) is 66.7 Å². The third kappa shape index (κ3) is 18.0. The van der Waals surface area contributed by atoms with Crippen molar-refractivity contribution in [2.24, 2.45) is 17.8 Å². The van der Waals surface area contributed by atoms with Gasteiger partial charge in [-0.25, -0.2) is 24.0 Å². The number of amides is 2. The lowest BCUT2D eigenvalue weighted by Gasteiger charge is -2.33. The van der Waals surface area contributed by atoms with Crippen LogP contribution in [0.5, 0.6) is 0 Å². The van der Waals surface area contributed by atoms with Crippen molar-refractivity contribution >= 4 is 47.5 Å². The summed E-state index contributed by atoms with van der Waals surface area (Å²) in [5.74, 6) is -3.28. The van der Waals surface area contributed by atoms with E-state index in [0.29, 0.717) is 43.1 Å². The van der Waals surface area contributed by atoms with Crippen molar-refractivity contribution < 1.29 is 66.7 Å². The van der Waals surface area contributed by atoms with Crippen molar-refractivity contribution in [3.63, 3.8) is 0 Å². The highest BCUT2D eigenvalue weighted by atomic mass is 16.6. The van der Waals surface area contributed by atoms with Gasteiger partial charge in [-0.3, -0.25) is 14.5 Å². The molecular formula is C59H78N4O14. The van der Waals surface area contributed by atoms with Crippen LogP contribution in [-0.2, 0) is 88.0 Å². The van der Waals surface area contributed by atoms with Gasteiger partial charge in [-0.2, -0.15) is 0 Å². The molecule has 2 amide bonds. The van der Waals surface area contributed by atoms with Crippen LogP contribution in [0, 0.1) is 17.8 Å². The van der Waals surface area contributed by atoms with E-state index in [0.717, 1.165) is 68.4 Å². The maximum atomic E-state index is 14.8. The summed E-state index contributed by atoms with van der Waals surface area (Å²) in [7, 11) is 4.66. The van der Waals surface area contributed by atoms with Gasteiger partial charge in [0.05, 0.1) is 13.2 Å². The minimum absolute atomic E-state index is 0.00251. The second-order valence-corrected chi connectivity index (χ2v) is 21.8. The van der Waals surface area contributed by atoms with Crippen molar-refractivity contribution in [1.82, 2.24) is 15.1 Å². The number of nitrogens with one attached hydrogen (secondary N) is 1. The highest BCUT2D eigenvalue weighted by Gasteiger charge is 2.42. The summed E-state index contributed by atoms with van der Waals surface area (Å²) in [6, 6.07) is 21.4. The molecule has 0 bridgehead atoms. The molecule has 3 aromatic rings. The Morgan fingerprint density at radius 2 is 1.09 bits per heavy atom. The lowest BCUT2D eigenvalue weighted by molar-refractivity contribution is -0.174. The zero-order valence-corrected chi connectivity index (χ0v) is 45.8. The number of likely N-dealkylation sites (N-methyl/N-ethyl adjacent to an activating group) is 3. The van der Waals surface area contributed by atoms with Gasteiger partial charge in [0.2, 0.25) is 0 Å². The molecule has 1 saturated heterocycles. The molecular weight excluding hydrogens is 989 g/mol. The van der Waals surface area contributed by atoms with Crippen LogP contribution in [0.4, 0.5) is 10.5 Å². The van der Waals surface area contributed by atoms with Gasteiger partial charge in [0, 0.05) is 45.7 Å². The predicted octanol–water partition coefficient (Wildman–Crippen LogP) is 6.90. The van der Waals surface area contributed by atoms with Gasteiger partial charge < -0.3 is 48.3 Å². The Bertz CT molecular complexity index is 2470. The molecule has 0 radical (unpaired) electrons. The highest BCUT2D eigenvalue weighted by molar-refractivity contribution is 5.91. The number of anilines is 1. The quantitative estimate of drug-likeness (QED) is 0.0580. The molecule has 0 aromatic heterocycles. The Balaban J connectivity index is 0.992. The molecule has 3 aliphatic carbocycles. The van der Waals surface area contributed by atoms with Crippen LogP contribution >= 0.6 is 0 Å². The number of nitrogens with zero attached hydrogens (tertiary/aromatic N) is 3. The lowest BCUT2D eigenvalue weighted by Crippen LogP contribution is -2.52. The summed E-state index contributed by atoms with van der Waals surface area (Å²) in [5.41, 5.74) is 2.94. The second-order valence-electron chi connectivity index (χ2n) is 21.8. The molecule has 6 atom stereocenters. The molecule has 7 rings (SSSR count). The van der Waals surface area contributed by atoms with Crippen molar-refractivity contribution in [3.05, 3.63) is 101 Å². The number of esters is 5. The maximum Gasteiger partial charge on any atom is 0.410 e. The zero-order valence-electron chi connectivity index (χ0n) is 45.8. The van der Waals surface area contributed by atoms with Gasteiger partial charge in [0.15, 0.2) is 18.3 Å². The summed E-state index contributed by atoms with van der Waals surface area (Å²) in [6.07, 6.45) is 2.65. The Morgan fingerprint density at radius 3 is 1.64 bits per heavy atom. The minimum atomic E-state index is -1.41. The average molecular weight is 1070 g/mol. The standard InChI is InChI=1S/C59H78N4O14/c1-38(74-55(67)48(60-5)31-40-13-14-40)53(65)73-37-46-21-19-44(20-22-46)35-59(3,4)77-58(70)62(7)50(33-42-17-18-42)57(69)76-51(34-43-23-25-47(26-24-43)63-27-29-71-30-28-63)52(64)61(6)49(32-41-15-16-41)56(68)75-39(2)54(66)72-36-45-11-9-8-10-12-45/h8-12,19-26,38-42,48-51,60H,13-18,27-37H2,1-7H3/t38-,39-,48+,49+,50+,51-/m1/s1. The van der Waals surface area contributed by atoms with Crippen molar-refractivity contribution in [2.45, 2.75) is 154 Å². The monoisotopic (exact) mass is 1070 g/mol. The van der Waals surface area contributed by atoms with Crippen LogP contribution in [0.25, 0.3) is 0 Å². The molecule has 1 N–H and O–H groups in total. The number of benzene rings is 3. The van der Waals surface area contributed by atoms with Crippen LogP contribution in [0.2, 0.25) is 0 Å². The van der Waals surface area contributed by atoms with Crippen LogP contribution in [0.3, 0.4) is 0 Å². The second kappa shape index (κ2) is 27.2. The first-order valence-corrected chi connectivity index (χ1v) is 27.2. The summed E-state index contributed by atoms with van der Waals surface area (Å²) in [6.45, 7) is 9.08. The largest absolute Gasteiger partial charge is 0.458 e. The third-order valence-electron chi connectivity index (χ3n) is 14.7. The fourth-order valence-corrected chi connectivity index (χ4v) is 9.28. The molecule has 1 aliphatic heterocycles. The van der Waals surface area contributed by atoms with Gasteiger partial charge in [0.25, 0.3) is 5.91 Å². The molecule has 3 aromatic carbocycles. The molecule has 418 valence electrons. The number of morpholine rings is 1. The fourth-order valence-electron chi connectivity index (χ4n) is 9.28. The van der Waals surface area contributed by atoms with Gasteiger partial charge >= 0.3 is 35.9 Å². The number of ether oxygens (including phenoxy) is 7. The van der Waals surface area contributed by atoms with E-state index in [4.69, 9.17) is 33.2 Å². The number of hydrogen-bond acceptors (Lipinski definition) is 16. The molecule has 18 heteroatoms. The lowest BCUT2D eigenvalue weighted by atomic mass is 9.97. The molecule has 1 heterocycles. The van der Waals surface area contributed by atoms with Crippen molar-refractivity contribution in [2.75, 3.05) is 52.3 Å². The Kier molecular flexibility index (Phi) is 20.5. The molecule has 4 aliphatic rings. The molecule has 77 heavy (non-hydrogen) atoms. The molecule has 0 spiro atoms. The van der Waals surface area contributed by atoms with Crippen LogP contribution in [0.1, 0.15) is 108 Å². The topological polar surface area (TPSA) is 206 Å². The first-order chi connectivity index (χ1) is 36.9. The van der Waals surface area contributed by atoms with E-state index in [1.54, 1.807) is 33.0 Å². The Labute approximate surface area is 452 Å². The van der Waals surface area contributed by atoms with Gasteiger partial charge in [0.1, 0.15) is 36.9 Å². The first kappa shape index (κ1) is 58.2. The van der Waals surface area contributed by atoms with Crippen LogP contribution in [0.15, 0.2) is 78.9 Å². The fraction of sp³-hybridized carbons (Fsp3) is 0.576. The summed E-state index contributed by atoms with van der Waals surface area (Å²) in [5, 5.41) is 2.97. The highest BCUT2D eigenvalue weighted by Crippen LogP contribution is 2.37. The predicted molar refractivity (Wildman–Crippen MR) is 284 cm³/mol. The average Bonchev–Trinajstić information content (AvgIpc) is 4.28. The van der Waals surface area contributed by atoms with E-state index in [1.165, 1.54) is 37.7 Å². The van der Waals surface area contributed by atoms with Gasteiger partial charge in [-0.05, 0) is 106 Å². The normalized spacial score (nSPS) is 17.8. The van der Waals surface area contributed by atoms with E-state index in [-0.39, 0.29) is 44.3 Å². The number of rotatable bonds is 28. The Morgan fingerprint density at radius 1 is 0.610 bits per heavy atom. The van der Waals surface area contributed by atoms with Crippen molar-refractivity contribution in [3.8, 4) is 0 Å². The van der Waals surface area contributed by atoms with Gasteiger partial charge in [-0.1, -0.05) is 105 Å². The SMILES string of the molecule is CN[C@@H](CC1CC1)C(=O)O[C@H](C)C(=O)OCc1ccc(CC(C)(C)OC(=O)N(C)[C@@H](CC2CC2)C(=O)O[C@H](Cc2ccc(N3CCOCC3)cc2)C(=O)N(C)[C@@H](CC2CC2)C(=O)O[C@H](C)C(=O)OCc2ccccc2)cc1. The van der Waals surface area contributed by atoms with Crippen LogP contribution < -0.4 is 10.2 Å². The maximum absolute atomic E-state index is 14.8. The zero-order chi connectivity index (χ0) is 55.2. The Hall–Kier alpha value is -6.53. The summed E-state index contributed by atoms with van der Waals surface area (Å²) >= 11 is 0. The number of hydrogen-bond donors (Lipinski definition) is 1. The number of carbonyl (C=O) groups excluding carboxylic acids is 7.